The van der Waals surface area contributed by atoms with Gasteiger partial charge >= 0.3 is 0 Å². The maximum atomic E-state index is 9.73. The molecule has 0 spiro atoms. The number of aliphatic hydroxyl groups is 1. The zero-order valence-electron chi connectivity index (χ0n) is 9.07. The van der Waals surface area contributed by atoms with Crippen LogP contribution in [0.15, 0.2) is 24.3 Å². The van der Waals surface area contributed by atoms with Gasteiger partial charge < -0.3 is 15.4 Å². The summed E-state index contributed by atoms with van der Waals surface area (Å²) in [5.41, 5.74) is 8.69. The molecule has 0 aliphatic carbocycles. The van der Waals surface area contributed by atoms with Gasteiger partial charge in [0.25, 0.3) is 0 Å². The first kappa shape index (κ1) is 10.2. The molecule has 80 valence electrons. The lowest BCUT2D eigenvalue weighted by atomic mass is 10.2. The minimum atomic E-state index is -0.581. The lowest BCUT2D eigenvalue weighted by Crippen LogP contribution is -2.14. The molecule has 1 unspecified atom stereocenters. The number of benzene rings is 1. The summed E-state index contributed by atoms with van der Waals surface area (Å²) in [5, 5.41) is 10.9. The van der Waals surface area contributed by atoms with E-state index in [-0.39, 0.29) is 6.54 Å². The zero-order valence-corrected chi connectivity index (χ0v) is 9.07. The summed E-state index contributed by atoms with van der Waals surface area (Å²) in [5.74, 6) is 0. The third kappa shape index (κ3) is 1.64. The van der Waals surface area contributed by atoms with Gasteiger partial charge in [-0.2, -0.15) is 0 Å². The van der Waals surface area contributed by atoms with Crippen LogP contribution in [0, 0.1) is 6.92 Å². The van der Waals surface area contributed by atoms with Crippen molar-refractivity contribution >= 4 is 10.9 Å². The molecule has 3 nitrogen and oxygen atoms in total. The fourth-order valence-corrected chi connectivity index (χ4v) is 1.93. The fraction of sp³-hybridized carbons (Fsp3) is 0.333. The second-order valence-electron chi connectivity index (χ2n) is 3.94. The first-order valence-corrected chi connectivity index (χ1v) is 5.07. The van der Waals surface area contributed by atoms with Crippen molar-refractivity contribution in [3.63, 3.8) is 0 Å². The van der Waals surface area contributed by atoms with Gasteiger partial charge in [-0.05, 0) is 25.1 Å². The number of nitrogens with zero attached hydrogens (tertiary/aromatic N) is 1. The molecule has 0 aliphatic heterocycles. The molecule has 0 amide bonds. The molecule has 3 N–H and O–H groups in total. The Bertz CT molecular complexity index is 488. The summed E-state index contributed by atoms with van der Waals surface area (Å²) in [7, 11) is 1.95. The van der Waals surface area contributed by atoms with Gasteiger partial charge in [0.2, 0.25) is 0 Å². The highest BCUT2D eigenvalue weighted by atomic mass is 16.3. The topological polar surface area (TPSA) is 51.2 Å². The second kappa shape index (κ2) is 3.68. The van der Waals surface area contributed by atoms with E-state index >= 15 is 0 Å². The smallest absolute Gasteiger partial charge is 0.106 e. The lowest BCUT2D eigenvalue weighted by Gasteiger charge is -2.09. The van der Waals surface area contributed by atoms with Gasteiger partial charge in [0.15, 0.2) is 0 Å². The molecule has 0 saturated carbocycles. The summed E-state index contributed by atoms with van der Waals surface area (Å²) in [4.78, 5) is 0. The van der Waals surface area contributed by atoms with Crippen LogP contribution in [-0.2, 0) is 7.05 Å². The van der Waals surface area contributed by atoms with Crippen molar-refractivity contribution in [2.45, 2.75) is 13.0 Å². The average molecular weight is 204 g/mol. The molecule has 0 bridgehead atoms. The average Bonchev–Trinajstić information content (AvgIpc) is 2.54. The Morgan fingerprint density at radius 2 is 2.13 bits per heavy atom. The van der Waals surface area contributed by atoms with Gasteiger partial charge in [0, 0.05) is 30.2 Å². The molecule has 0 radical (unpaired) electrons. The normalized spacial score (nSPS) is 13.3. The number of rotatable bonds is 2. The SMILES string of the molecule is Cc1ccc2c(c1)cc(C(O)CN)n2C. The Hall–Kier alpha value is -1.32. The number of aryl methyl sites for hydroxylation is 2. The van der Waals surface area contributed by atoms with Gasteiger partial charge in [0.1, 0.15) is 6.10 Å². The van der Waals surface area contributed by atoms with E-state index in [1.807, 2.05) is 17.7 Å². The summed E-state index contributed by atoms with van der Waals surface area (Å²) in [6.07, 6.45) is -0.581. The largest absolute Gasteiger partial charge is 0.386 e. The van der Waals surface area contributed by atoms with E-state index in [4.69, 9.17) is 5.73 Å². The van der Waals surface area contributed by atoms with Crippen LogP contribution >= 0.6 is 0 Å². The van der Waals surface area contributed by atoms with Gasteiger partial charge in [-0.1, -0.05) is 11.6 Å². The highest BCUT2D eigenvalue weighted by Gasteiger charge is 2.12. The molecule has 0 fully saturated rings. The minimum absolute atomic E-state index is 0.253. The van der Waals surface area contributed by atoms with Crippen LogP contribution < -0.4 is 5.73 Å². The molecule has 3 heteroatoms. The van der Waals surface area contributed by atoms with Crippen LogP contribution in [0.4, 0.5) is 0 Å². The second-order valence-corrected chi connectivity index (χ2v) is 3.94. The molecule has 1 aromatic carbocycles. The van der Waals surface area contributed by atoms with E-state index in [0.717, 1.165) is 16.6 Å². The number of nitrogens with two attached hydrogens (primary N) is 1. The molecule has 1 atom stereocenters. The molecule has 2 aromatic rings. The first-order chi connectivity index (χ1) is 7.13. The monoisotopic (exact) mass is 204 g/mol. The van der Waals surface area contributed by atoms with E-state index in [1.54, 1.807) is 0 Å². The van der Waals surface area contributed by atoms with Gasteiger partial charge in [-0.15, -0.1) is 0 Å². The van der Waals surface area contributed by atoms with Crippen LogP contribution in [0.1, 0.15) is 17.4 Å². The van der Waals surface area contributed by atoms with E-state index in [1.165, 1.54) is 5.56 Å². The predicted octanol–water partition coefficient (Wildman–Crippen LogP) is 1.48. The van der Waals surface area contributed by atoms with Crippen LogP contribution in [0.2, 0.25) is 0 Å². The quantitative estimate of drug-likeness (QED) is 0.778. The Morgan fingerprint density at radius 1 is 1.40 bits per heavy atom. The van der Waals surface area contributed by atoms with Crippen molar-refractivity contribution < 1.29 is 5.11 Å². The Kier molecular flexibility index (Phi) is 2.50. The maximum Gasteiger partial charge on any atom is 0.106 e. The Morgan fingerprint density at radius 3 is 2.80 bits per heavy atom. The fourth-order valence-electron chi connectivity index (χ4n) is 1.93. The number of aromatic nitrogens is 1. The molecular formula is C12H16N2O. The standard InChI is InChI=1S/C12H16N2O/c1-8-3-4-10-9(5-8)6-11(14(10)2)12(15)7-13/h3-6,12,15H,7,13H2,1-2H3. The van der Waals surface area contributed by atoms with Gasteiger partial charge in [-0.3, -0.25) is 0 Å². The van der Waals surface area contributed by atoms with Gasteiger partial charge in [0.05, 0.1) is 0 Å². The van der Waals surface area contributed by atoms with Crippen molar-refractivity contribution in [2.75, 3.05) is 6.54 Å². The third-order valence-electron chi connectivity index (χ3n) is 2.80. The Labute approximate surface area is 89.1 Å². The van der Waals surface area contributed by atoms with Crippen LogP contribution in [-0.4, -0.2) is 16.2 Å². The van der Waals surface area contributed by atoms with Crippen LogP contribution in [0.25, 0.3) is 10.9 Å². The van der Waals surface area contributed by atoms with Crippen LogP contribution in [0.3, 0.4) is 0 Å². The molecule has 2 rings (SSSR count). The van der Waals surface area contributed by atoms with Crippen molar-refractivity contribution in [3.05, 3.63) is 35.5 Å². The molecule has 0 aliphatic rings. The summed E-state index contributed by atoms with van der Waals surface area (Å²) < 4.78 is 1.99. The number of hydrogen-bond acceptors (Lipinski definition) is 2. The number of hydrogen-bond donors (Lipinski definition) is 2. The van der Waals surface area contributed by atoms with Crippen LogP contribution in [0.5, 0.6) is 0 Å². The predicted molar refractivity (Wildman–Crippen MR) is 61.7 cm³/mol. The molecule has 1 aromatic heterocycles. The molecule has 0 saturated heterocycles. The van der Waals surface area contributed by atoms with E-state index in [9.17, 15) is 5.11 Å². The number of aliphatic hydroxyl groups excluding tert-OH is 1. The van der Waals surface area contributed by atoms with Crippen molar-refractivity contribution in [1.82, 2.24) is 4.57 Å². The Balaban J connectivity index is 2.63. The van der Waals surface area contributed by atoms with Crippen molar-refractivity contribution in [1.29, 1.82) is 0 Å². The van der Waals surface area contributed by atoms with E-state index in [0.29, 0.717) is 0 Å². The molecular weight excluding hydrogens is 188 g/mol. The minimum Gasteiger partial charge on any atom is -0.386 e. The van der Waals surface area contributed by atoms with E-state index in [2.05, 4.69) is 25.1 Å². The molecule has 15 heavy (non-hydrogen) atoms. The molecule has 1 heterocycles. The number of fused-ring (bicyclic) bond motifs is 1. The first-order valence-electron chi connectivity index (χ1n) is 5.07. The van der Waals surface area contributed by atoms with Crippen molar-refractivity contribution in [2.24, 2.45) is 12.8 Å². The van der Waals surface area contributed by atoms with E-state index < -0.39 is 6.10 Å². The maximum absolute atomic E-state index is 9.73. The third-order valence-corrected chi connectivity index (χ3v) is 2.80. The summed E-state index contributed by atoms with van der Waals surface area (Å²) in [6.45, 7) is 2.31. The lowest BCUT2D eigenvalue weighted by molar-refractivity contribution is 0.179. The van der Waals surface area contributed by atoms with Gasteiger partial charge in [-0.25, -0.2) is 0 Å². The van der Waals surface area contributed by atoms with Crippen molar-refractivity contribution in [3.8, 4) is 0 Å². The highest BCUT2D eigenvalue weighted by molar-refractivity contribution is 5.82. The highest BCUT2D eigenvalue weighted by Crippen LogP contribution is 2.23. The zero-order chi connectivity index (χ0) is 11.0. The summed E-state index contributed by atoms with van der Waals surface area (Å²) in [6, 6.07) is 8.25. The summed E-state index contributed by atoms with van der Waals surface area (Å²) >= 11 is 0.